The summed E-state index contributed by atoms with van der Waals surface area (Å²) in [5.74, 6) is 0. The standard InChI is InChI=1S/C142H106O2Si2/c1-139(2)119-73-91(47-55-105(119)109-59-51-95(77-123(109)139)103-69-99(85-35-21-15-22-36-85)67-101(71-103)89-41-29-39-87(65-89)83-31-17-13-18-32-83)93-49-57-107-111-61-53-97(79-125(111)141(5,6)121(107)75-93)117-81-129-131(133-113-43-25-27-45-127(113)143-135(117)133)115-63-64-116-132-130(146(11,12)138(116)137(115)145(129,9)10)82-118(136-134(132)114-44-26-28-46-128(114)144-136)98-54-62-112-108-58-50-94(76-122(108)142(7,8)126(112)80-98)92-48-56-106-110-60-52-96(78-124(110)140(3,4)120(106)74-92)104-70-100(86-37-23-16-24-38-86)68-102(72-104)90-42-30-40-88(66-90)84-33-19-14-20-34-84/h13-82H,1-12H3. The van der Waals surface area contributed by atoms with Crippen LogP contribution >= 0.6 is 0 Å². The van der Waals surface area contributed by atoms with Gasteiger partial charge in [-0.15, -0.1) is 0 Å². The van der Waals surface area contributed by atoms with E-state index in [0.29, 0.717) is 0 Å². The normalized spacial score (nSPS) is 15.0. The third-order valence-electron chi connectivity index (χ3n) is 35.0. The van der Waals surface area contributed by atoms with E-state index in [4.69, 9.17) is 8.83 Å². The summed E-state index contributed by atoms with van der Waals surface area (Å²) in [6, 6.07) is 162. The molecule has 0 bridgehead atoms. The Balaban J connectivity index is 0.471. The summed E-state index contributed by atoms with van der Waals surface area (Å²) in [6.45, 7) is 30.1. The van der Waals surface area contributed by atoms with E-state index in [9.17, 15) is 0 Å². The van der Waals surface area contributed by atoms with Gasteiger partial charge in [0.1, 0.15) is 38.5 Å². The summed E-state index contributed by atoms with van der Waals surface area (Å²) < 4.78 is 14.8. The Morgan fingerprint density at radius 3 is 0.644 bits per heavy atom. The fraction of sp³-hybridized carbons (Fsp3) is 0.113. The third-order valence-corrected chi connectivity index (χ3v) is 42.3. The van der Waals surface area contributed by atoms with Crippen LogP contribution < -0.4 is 20.7 Å². The van der Waals surface area contributed by atoms with Crippen LogP contribution in [0, 0.1) is 0 Å². The summed E-state index contributed by atoms with van der Waals surface area (Å²) in [4.78, 5) is 0. The number of hydrogen-bond acceptors (Lipinski definition) is 2. The largest absolute Gasteiger partial charge is 0.455 e. The molecule has 0 amide bonds. The van der Waals surface area contributed by atoms with Gasteiger partial charge in [-0.1, -0.05) is 397 Å². The lowest BCUT2D eigenvalue weighted by molar-refractivity contribution is 0.659. The predicted molar refractivity (Wildman–Crippen MR) is 621 cm³/mol. The number of furan rings is 2. The highest BCUT2D eigenvalue weighted by Gasteiger charge is 2.51. The van der Waals surface area contributed by atoms with Crippen LogP contribution in [0.25, 0.3) is 244 Å². The molecule has 23 aromatic rings. The maximum Gasteiger partial charge on any atom is 0.143 e. The van der Waals surface area contributed by atoms with Crippen LogP contribution in [0.3, 0.4) is 0 Å². The van der Waals surface area contributed by atoms with Gasteiger partial charge in [0.2, 0.25) is 0 Å². The number of para-hydroxylation sites is 2. The van der Waals surface area contributed by atoms with Crippen molar-refractivity contribution in [2.75, 3.05) is 0 Å². The molecule has 21 aromatic carbocycles. The maximum absolute atomic E-state index is 7.38. The zero-order valence-electron chi connectivity index (χ0n) is 84.2. The molecule has 0 unspecified atom stereocenters. The molecule has 2 nitrogen and oxygen atoms in total. The van der Waals surface area contributed by atoms with Gasteiger partial charge in [-0.05, 0) is 364 Å². The van der Waals surface area contributed by atoms with Gasteiger partial charge < -0.3 is 8.83 Å². The van der Waals surface area contributed by atoms with Gasteiger partial charge in [0, 0.05) is 54.3 Å². The highest BCUT2D eigenvalue weighted by atomic mass is 28.3. The topological polar surface area (TPSA) is 26.3 Å². The van der Waals surface area contributed by atoms with Gasteiger partial charge in [-0.25, -0.2) is 0 Å². The molecule has 0 fully saturated rings. The fourth-order valence-corrected chi connectivity index (χ4v) is 35.7. The minimum absolute atomic E-state index is 0.252. The SMILES string of the molecule is CC1(C)c2cc(-c3cc(-c4ccccc4)cc(-c4cccc(-c5ccccc5)c4)c3)ccc2-c2ccc(-c3ccc4c(c3)C(C)(C)c3cc(-c5cc6c(c7c5oc5ccccc57)-c5ccc7c(c5[Si]6(C)C)[Si](C)(C)c5cc(-c6ccc8c(c6)C(C)(C)c6cc(-c9ccc%10c(c9)C(C)(C)c9cc(-c%11cc(-c%12ccccc%12)cc(-c%12cccc(-c%13ccccc%13)c%12)c%11)ccc9-%10)ccc6-8)c6oc8ccccc8c6c5-7)ccc3-4)cc21. The molecular weight excluding hydrogens is 1790 g/mol. The Bertz CT molecular complexity index is 9090. The fourth-order valence-electron chi connectivity index (χ4n) is 27.3. The van der Waals surface area contributed by atoms with Crippen molar-refractivity contribution in [2.45, 2.75) is 103 Å². The molecule has 0 saturated carbocycles. The molecule has 694 valence electrons. The van der Waals surface area contributed by atoms with Crippen LogP contribution in [-0.4, -0.2) is 16.1 Å². The molecule has 2 aliphatic heterocycles. The van der Waals surface area contributed by atoms with Gasteiger partial charge in [0.05, 0.1) is 0 Å². The molecule has 0 saturated heterocycles. The molecule has 6 aliphatic rings. The third kappa shape index (κ3) is 12.6. The van der Waals surface area contributed by atoms with E-state index in [1.165, 1.54) is 277 Å². The molecule has 2 aromatic heterocycles. The number of rotatable bonds is 12. The van der Waals surface area contributed by atoms with Gasteiger partial charge in [0.25, 0.3) is 0 Å². The molecule has 0 atom stereocenters. The van der Waals surface area contributed by atoms with Crippen molar-refractivity contribution < 1.29 is 8.83 Å². The van der Waals surface area contributed by atoms with E-state index < -0.39 is 16.1 Å². The van der Waals surface area contributed by atoms with E-state index in [-0.39, 0.29) is 21.7 Å². The van der Waals surface area contributed by atoms with Gasteiger partial charge in [-0.2, -0.15) is 0 Å². The Hall–Kier alpha value is -16.3. The summed E-state index contributed by atoms with van der Waals surface area (Å²) in [5.41, 5.74) is 58.5. The lowest BCUT2D eigenvalue weighted by atomic mass is 9.79. The maximum atomic E-state index is 7.38. The van der Waals surface area contributed by atoms with Crippen LogP contribution in [0.15, 0.2) is 433 Å². The first kappa shape index (κ1) is 86.3. The molecule has 0 N–H and O–H groups in total. The van der Waals surface area contributed by atoms with Crippen molar-refractivity contribution in [3.05, 3.63) is 469 Å². The average Bonchev–Trinajstić information content (AvgIpc) is 1.50. The molecular formula is C142H106O2Si2. The first-order chi connectivity index (χ1) is 70.8. The second-order valence-electron chi connectivity index (χ2n) is 45.3. The van der Waals surface area contributed by atoms with Gasteiger partial charge >= 0.3 is 0 Å². The molecule has 4 heteroatoms. The monoisotopic (exact) mass is 1900 g/mol. The number of hydrogen-bond donors (Lipinski definition) is 0. The molecule has 0 radical (unpaired) electrons. The van der Waals surface area contributed by atoms with Crippen molar-refractivity contribution in [1.82, 2.24) is 0 Å². The Labute approximate surface area is 855 Å². The summed E-state index contributed by atoms with van der Waals surface area (Å²) in [7, 11) is -5.20. The predicted octanol–water partition coefficient (Wildman–Crippen LogP) is 36.3. The van der Waals surface area contributed by atoms with Crippen molar-refractivity contribution >= 4 is 80.8 Å². The summed E-state index contributed by atoms with van der Waals surface area (Å²) in [6.07, 6.45) is 0. The van der Waals surface area contributed by atoms with E-state index in [2.05, 4.69) is 506 Å². The highest BCUT2D eigenvalue weighted by molar-refractivity contribution is 7.13. The minimum atomic E-state index is -2.60. The van der Waals surface area contributed by atoms with E-state index in [1.54, 1.807) is 10.4 Å². The summed E-state index contributed by atoms with van der Waals surface area (Å²) in [5, 5.41) is 10.9. The first-order valence-electron chi connectivity index (χ1n) is 51.9. The van der Waals surface area contributed by atoms with Crippen molar-refractivity contribution in [3.63, 3.8) is 0 Å². The number of benzene rings is 21. The van der Waals surface area contributed by atoms with Gasteiger partial charge in [-0.3, -0.25) is 0 Å². The van der Waals surface area contributed by atoms with E-state index in [1.807, 2.05) is 0 Å². The van der Waals surface area contributed by atoms with Crippen molar-refractivity contribution in [3.8, 4) is 200 Å². The van der Waals surface area contributed by atoms with E-state index in [0.717, 1.165) is 22.3 Å². The van der Waals surface area contributed by atoms with Crippen LogP contribution in [0.1, 0.15) is 99.9 Å². The van der Waals surface area contributed by atoms with Crippen LogP contribution in [0.2, 0.25) is 26.2 Å². The second kappa shape index (κ2) is 31.1. The summed E-state index contributed by atoms with van der Waals surface area (Å²) >= 11 is 0. The van der Waals surface area contributed by atoms with Crippen molar-refractivity contribution in [1.29, 1.82) is 0 Å². The average molecular weight is 1900 g/mol. The lowest BCUT2D eigenvalue weighted by Crippen LogP contribution is -2.63. The molecule has 4 heterocycles. The Morgan fingerprint density at radius 2 is 0.363 bits per heavy atom. The van der Waals surface area contributed by atoms with Crippen molar-refractivity contribution in [2.24, 2.45) is 0 Å². The molecule has 29 rings (SSSR count). The Kier molecular flexibility index (Phi) is 18.4. The molecule has 146 heavy (non-hydrogen) atoms. The lowest BCUT2D eigenvalue weighted by Gasteiger charge is -2.28. The quantitative estimate of drug-likeness (QED) is 0.114. The zero-order chi connectivity index (χ0) is 98.2. The van der Waals surface area contributed by atoms with Crippen LogP contribution in [0.5, 0.6) is 0 Å². The molecule has 0 spiro atoms. The Morgan fingerprint density at radius 1 is 0.164 bits per heavy atom. The van der Waals surface area contributed by atoms with Crippen LogP contribution in [-0.2, 0) is 21.7 Å². The zero-order valence-corrected chi connectivity index (χ0v) is 86.2. The second-order valence-corrected chi connectivity index (χ2v) is 53.8. The number of fused-ring (bicyclic) bond motifs is 27. The minimum Gasteiger partial charge on any atom is -0.455 e. The molecule has 4 aliphatic carbocycles. The smallest absolute Gasteiger partial charge is 0.143 e. The van der Waals surface area contributed by atoms with Gasteiger partial charge in [0.15, 0.2) is 0 Å². The highest BCUT2D eigenvalue weighted by Crippen LogP contribution is 2.60. The van der Waals surface area contributed by atoms with Crippen LogP contribution in [0.4, 0.5) is 0 Å². The first-order valence-corrected chi connectivity index (χ1v) is 57.9. The van der Waals surface area contributed by atoms with E-state index >= 15 is 0 Å².